The van der Waals surface area contributed by atoms with Crippen LogP contribution in [0.2, 0.25) is 0 Å². The molecule has 0 saturated carbocycles. The van der Waals surface area contributed by atoms with E-state index in [-0.39, 0.29) is 36.1 Å². The first kappa shape index (κ1) is 24.3. The summed E-state index contributed by atoms with van der Waals surface area (Å²) in [6, 6.07) is 14.3. The van der Waals surface area contributed by atoms with Crippen LogP contribution in [0.4, 0.5) is 5.82 Å². The normalized spacial score (nSPS) is 17.7. The van der Waals surface area contributed by atoms with E-state index in [1.807, 2.05) is 30.5 Å². The molecule has 1 aromatic carbocycles. The minimum Gasteiger partial charge on any atom is -0.459 e. The highest BCUT2D eigenvalue weighted by molar-refractivity contribution is 14.0. The van der Waals surface area contributed by atoms with E-state index < -0.39 is 0 Å². The number of hydrogen-bond acceptors (Lipinski definition) is 5. The Labute approximate surface area is 206 Å². The maximum absolute atomic E-state index is 5.99. The average molecular weight is 549 g/mol. The van der Waals surface area contributed by atoms with Gasteiger partial charge in [0.25, 0.3) is 0 Å². The number of nitrogens with one attached hydrogen (secondary N) is 2. The van der Waals surface area contributed by atoms with Gasteiger partial charge in [0.2, 0.25) is 0 Å². The van der Waals surface area contributed by atoms with Gasteiger partial charge in [0.1, 0.15) is 17.2 Å². The van der Waals surface area contributed by atoms with Gasteiger partial charge in [-0.15, -0.1) is 24.0 Å². The first-order valence-corrected chi connectivity index (χ1v) is 11.0. The number of rotatable bonds is 6. The molecule has 7 nitrogen and oxygen atoms in total. The van der Waals surface area contributed by atoms with Gasteiger partial charge in [-0.2, -0.15) is 0 Å². The summed E-state index contributed by atoms with van der Waals surface area (Å²) >= 11 is 0. The Morgan fingerprint density at radius 2 is 2.12 bits per heavy atom. The Morgan fingerprint density at radius 3 is 2.91 bits per heavy atom. The lowest BCUT2D eigenvalue weighted by Gasteiger charge is -2.32. The monoisotopic (exact) mass is 549 g/mol. The van der Waals surface area contributed by atoms with E-state index >= 15 is 0 Å². The van der Waals surface area contributed by atoms with Crippen LogP contribution in [0, 0.1) is 0 Å². The van der Waals surface area contributed by atoms with Gasteiger partial charge in [0.05, 0.1) is 25.3 Å². The number of para-hydroxylation sites is 1. The smallest absolute Gasteiger partial charge is 0.192 e. The van der Waals surface area contributed by atoms with E-state index in [0.29, 0.717) is 6.54 Å². The molecule has 172 valence electrons. The number of aromatic nitrogens is 1. The highest BCUT2D eigenvalue weighted by atomic mass is 127. The van der Waals surface area contributed by atoms with Gasteiger partial charge in [0.15, 0.2) is 5.96 Å². The summed E-state index contributed by atoms with van der Waals surface area (Å²) in [6.07, 6.45) is 2.08. The quantitative estimate of drug-likeness (QED) is 0.268. The summed E-state index contributed by atoms with van der Waals surface area (Å²) in [5, 5.41) is 7.88. The van der Waals surface area contributed by atoms with Gasteiger partial charge < -0.3 is 24.7 Å². The van der Waals surface area contributed by atoms with Gasteiger partial charge in [0, 0.05) is 31.2 Å². The fourth-order valence-electron chi connectivity index (χ4n) is 3.74. The summed E-state index contributed by atoms with van der Waals surface area (Å²) in [5.74, 6) is 2.63. The van der Waals surface area contributed by atoms with Crippen LogP contribution in [0.1, 0.15) is 38.1 Å². The van der Waals surface area contributed by atoms with E-state index in [1.54, 1.807) is 0 Å². The van der Waals surface area contributed by atoms with Crippen LogP contribution in [-0.4, -0.2) is 43.3 Å². The molecule has 0 bridgehead atoms. The Hall–Kier alpha value is -2.33. The third-order valence-corrected chi connectivity index (χ3v) is 5.36. The van der Waals surface area contributed by atoms with Crippen LogP contribution in [0.3, 0.4) is 0 Å². The predicted molar refractivity (Wildman–Crippen MR) is 140 cm³/mol. The molecular weight excluding hydrogens is 517 g/mol. The van der Waals surface area contributed by atoms with Crippen molar-refractivity contribution in [3.8, 4) is 0 Å². The van der Waals surface area contributed by atoms with Gasteiger partial charge in [-0.3, -0.25) is 0 Å². The lowest BCUT2D eigenvalue weighted by Crippen LogP contribution is -2.41. The predicted octanol–water partition coefficient (Wildman–Crippen LogP) is 4.49. The third kappa shape index (κ3) is 6.13. The van der Waals surface area contributed by atoms with Gasteiger partial charge >= 0.3 is 0 Å². The molecule has 0 amide bonds. The lowest BCUT2D eigenvalue weighted by atomic mass is 10.2. The Kier molecular flexibility index (Phi) is 8.75. The van der Waals surface area contributed by atoms with Crippen LogP contribution < -0.4 is 15.5 Å². The number of furan rings is 1. The zero-order valence-electron chi connectivity index (χ0n) is 18.9. The van der Waals surface area contributed by atoms with E-state index in [4.69, 9.17) is 14.1 Å². The number of nitrogens with zero attached hydrogens (tertiary/aromatic N) is 3. The van der Waals surface area contributed by atoms with Gasteiger partial charge in [-0.05, 0) is 50.6 Å². The molecule has 1 fully saturated rings. The molecule has 3 aromatic rings. The second-order valence-electron chi connectivity index (χ2n) is 7.90. The van der Waals surface area contributed by atoms with Crippen LogP contribution in [-0.2, 0) is 11.3 Å². The zero-order valence-corrected chi connectivity index (χ0v) is 21.2. The maximum Gasteiger partial charge on any atom is 0.192 e. The summed E-state index contributed by atoms with van der Waals surface area (Å²) in [6.45, 7) is 10.0. The number of hydrogen-bond donors (Lipinski definition) is 2. The summed E-state index contributed by atoms with van der Waals surface area (Å²) in [5.41, 5.74) is 2.02. The summed E-state index contributed by atoms with van der Waals surface area (Å²) < 4.78 is 11.6. The number of ether oxygens (including phenoxy) is 1. The molecule has 8 heteroatoms. The molecule has 4 rings (SSSR count). The van der Waals surface area contributed by atoms with Crippen LogP contribution in [0.5, 0.6) is 0 Å². The van der Waals surface area contributed by atoms with Crippen molar-refractivity contribution < 1.29 is 9.15 Å². The van der Waals surface area contributed by atoms with Crippen molar-refractivity contribution in [1.82, 2.24) is 15.6 Å². The molecule has 2 N–H and O–H groups in total. The molecule has 0 aliphatic carbocycles. The number of halogens is 1. The van der Waals surface area contributed by atoms with Gasteiger partial charge in [-0.25, -0.2) is 9.98 Å². The lowest BCUT2D eigenvalue weighted by molar-refractivity contribution is 0.0529. The van der Waals surface area contributed by atoms with Crippen LogP contribution in [0.25, 0.3) is 11.0 Å². The second-order valence-corrected chi connectivity index (χ2v) is 7.90. The zero-order chi connectivity index (χ0) is 21.6. The van der Waals surface area contributed by atoms with Crippen molar-refractivity contribution in [1.29, 1.82) is 0 Å². The fourth-order valence-corrected chi connectivity index (χ4v) is 3.74. The van der Waals surface area contributed by atoms with E-state index in [0.717, 1.165) is 60.3 Å². The number of aliphatic imine (C=N–C) groups is 1. The standard InChI is InChI=1S/C24H31N5O2.HI/c1-4-25-24(28-18(3)22-14-20-7-5-6-8-21(20)31-22)27-15-19-9-10-26-23(13-19)29-11-12-30-17(2)16-29;/h5-10,13-14,17-18H,4,11-12,15-16H2,1-3H3,(H2,25,27,28);1H. The highest BCUT2D eigenvalue weighted by Gasteiger charge is 2.18. The van der Waals surface area contributed by atoms with Crippen LogP contribution in [0.15, 0.2) is 58.1 Å². The van der Waals surface area contributed by atoms with Crippen molar-refractivity contribution in [3.63, 3.8) is 0 Å². The average Bonchev–Trinajstić information content (AvgIpc) is 3.22. The summed E-state index contributed by atoms with van der Waals surface area (Å²) in [7, 11) is 0. The molecular formula is C24H32IN5O2. The van der Waals surface area contributed by atoms with Gasteiger partial charge in [-0.1, -0.05) is 18.2 Å². The van der Waals surface area contributed by atoms with Crippen molar-refractivity contribution in [3.05, 3.63) is 60.0 Å². The number of benzene rings is 1. The Bertz CT molecular complexity index is 1000. The van der Waals surface area contributed by atoms with E-state index in [2.05, 4.69) is 59.5 Å². The molecule has 2 aromatic heterocycles. The molecule has 1 aliphatic heterocycles. The first-order valence-electron chi connectivity index (χ1n) is 11.0. The molecule has 2 atom stereocenters. The number of morpholine rings is 1. The first-order chi connectivity index (χ1) is 15.1. The minimum absolute atomic E-state index is 0. The number of pyridine rings is 1. The van der Waals surface area contributed by atoms with E-state index in [1.165, 1.54) is 0 Å². The molecule has 1 aliphatic rings. The number of anilines is 1. The number of guanidine groups is 1. The van der Waals surface area contributed by atoms with Crippen molar-refractivity contribution >= 4 is 46.7 Å². The molecule has 2 unspecified atom stereocenters. The largest absolute Gasteiger partial charge is 0.459 e. The third-order valence-electron chi connectivity index (χ3n) is 5.36. The molecule has 3 heterocycles. The fraction of sp³-hybridized carbons (Fsp3) is 0.417. The minimum atomic E-state index is -0.00645. The number of fused-ring (bicyclic) bond motifs is 1. The molecule has 0 radical (unpaired) electrons. The molecule has 32 heavy (non-hydrogen) atoms. The van der Waals surface area contributed by atoms with E-state index in [9.17, 15) is 0 Å². The van der Waals surface area contributed by atoms with Crippen molar-refractivity contribution in [2.24, 2.45) is 4.99 Å². The summed E-state index contributed by atoms with van der Waals surface area (Å²) in [4.78, 5) is 11.6. The second kappa shape index (κ2) is 11.5. The SMILES string of the molecule is CCNC(=NCc1ccnc(N2CCOC(C)C2)c1)NC(C)c1cc2ccccc2o1.I. The Balaban J connectivity index is 0.00000289. The van der Waals surface area contributed by atoms with Crippen molar-refractivity contribution in [2.45, 2.75) is 39.5 Å². The Morgan fingerprint density at radius 1 is 1.28 bits per heavy atom. The maximum atomic E-state index is 5.99. The molecule has 0 spiro atoms. The highest BCUT2D eigenvalue weighted by Crippen LogP contribution is 2.23. The van der Waals surface area contributed by atoms with Crippen molar-refractivity contribution in [2.75, 3.05) is 31.1 Å². The topological polar surface area (TPSA) is 74.9 Å². The molecule has 1 saturated heterocycles. The van der Waals surface area contributed by atoms with Crippen LogP contribution >= 0.6 is 24.0 Å².